The molecule has 1 N–H and O–H groups in total. The van der Waals surface area contributed by atoms with Crippen molar-refractivity contribution in [3.05, 3.63) is 52.2 Å². The summed E-state index contributed by atoms with van der Waals surface area (Å²) in [5.74, 6) is 0.974. The van der Waals surface area contributed by atoms with Crippen molar-refractivity contribution in [3.8, 4) is 5.75 Å². The summed E-state index contributed by atoms with van der Waals surface area (Å²) in [5.41, 5.74) is 2.52. The zero-order valence-corrected chi connectivity index (χ0v) is 13.2. The normalized spacial score (nSPS) is 12.6. The van der Waals surface area contributed by atoms with Gasteiger partial charge in [-0.2, -0.15) is 11.3 Å². The highest BCUT2D eigenvalue weighted by molar-refractivity contribution is 7.08. The van der Waals surface area contributed by atoms with Crippen LogP contribution in [0.15, 0.2) is 41.1 Å². The number of rotatable bonds is 7. The fourth-order valence-electron chi connectivity index (χ4n) is 2.22. The molecule has 1 aromatic heterocycles. The van der Waals surface area contributed by atoms with Gasteiger partial charge in [-0.05, 0) is 55.3 Å². The van der Waals surface area contributed by atoms with Crippen molar-refractivity contribution in [2.24, 2.45) is 0 Å². The van der Waals surface area contributed by atoms with Gasteiger partial charge in [-0.15, -0.1) is 0 Å². The molecule has 0 amide bonds. The molecule has 0 radical (unpaired) electrons. The summed E-state index contributed by atoms with van der Waals surface area (Å²) in [6.45, 7) is 7.32. The molecule has 0 spiro atoms. The van der Waals surface area contributed by atoms with Crippen molar-refractivity contribution in [2.75, 3.05) is 6.54 Å². The van der Waals surface area contributed by atoms with Gasteiger partial charge in [0.25, 0.3) is 0 Å². The molecule has 0 aliphatic heterocycles. The fraction of sp³-hybridized carbons (Fsp3) is 0.412. The molecule has 20 heavy (non-hydrogen) atoms. The van der Waals surface area contributed by atoms with E-state index in [1.807, 2.05) is 6.07 Å². The minimum Gasteiger partial charge on any atom is -0.491 e. The number of thiophene rings is 1. The zero-order valence-electron chi connectivity index (χ0n) is 12.4. The van der Waals surface area contributed by atoms with Crippen LogP contribution in [0.3, 0.4) is 0 Å². The van der Waals surface area contributed by atoms with Crippen LogP contribution in [0.1, 0.15) is 44.4 Å². The van der Waals surface area contributed by atoms with Crippen molar-refractivity contribution < 1.29 is 4.74 Å². The van der Waals surface area contributed by atoms with Crippen molar-refractivity contribution in [3.63, 3.8) is 0 Å². The Morgan fingerprint density at radius 3 is 2.65 bits per heavy atom. The number of ether oxygens (including phenoxy) is 1. The molecule has 0 aliphatic rings. The SMILES string of the molecule is CCCNC(c1ccsc1)c1ccccc1OC(C)C. The first-order valence-corrected chi connectivity index (χ1v) is 8.17. The van der Waals surface area contributed by atoms with E-state index in [0.29, 0.717) is 0 Å². The van der Waals surface area contributed by atoms with Crippen molar-refractivity contribution in [1.82, 2.24) is 5.32 Å². The monoisotopic (exact) mass is 289 g/mol. The summed E-state index contributed by atoms with van der Waals surface area (Å²) in [6.07, 6.45) is 1.30. The van der Waals surface area contributed by atoms with Crippen LogP contribution in [0.2, 0.25) is 0 Å². The van der Waals surface area contributed by atoms with Crippen molar-refractivity contribution in [1.29, 1.82) is 0 Å². The topological polar surface area (TPSA) is 21.3 Å². The Morgan fingerprint density at radius 2 is 2.00 bits per heavy atom. The van der Waals surface area contributed by atoms with Gasteiger partial charge in [-0.3, -0.25) is 0 Å². The van der Waals surface area contributed by atoms with Crippen LogP contribution in [0.25, 0.3) is 0 Å². The third-order valence-electron chi connectivity index (χ3n) is 3.07. The van der Waals surface area contributed by atoms with E-state index < -0.39 is 0 Å². The highest BCUT2D eigenvalue weighted by Crippen LogP contribution is 2.31. The third-order valence-corrected chi connectivity index (χ3v) is 3.77. The molecule has 0 aliphatic carbocycles. The molecular weight excluding hydrogens is 266 g/mol. The number of para-hydroxylation sites is 1. The lowest BCUT2D eigenvalue weighted by Gasteiger charge is -2.22. The standard InChI is InChI=1S/C17H23NOS/c1-4-10-18-17(14-9-11-20-12-14)15-7-5-6-8-16(15)19-13(2)3/h5-9,11-13,17-18H,4,10H2,1-3H3. The van der Waals surface area contributed by atoms with Crippen molar-refractivity contribution >= 4 is 11.3 Å². The van der Waals surface area contributed by atoms with Gasteiger partial charge < -0.3 is 10.1 Å². The molecule has 2 aromatic rings. The molecule has 2 nitrogen and oxygen atoms in total. The summed E-state index contributed by atoms with van der Waals surface area (Å²) in [4.78, 5) is 0. The second-order valence-electron chi connectivity index (χ2n) is 5.15. The van der Waals surface area contributed by atoms with E-state index in [9.17, 15) is 0 Å². The summed E-state index contributed by atoms with van der Waals surface area (Å²) in [6, 6.07) is 10.7. The molecular formula is C17H23NOS. The second kappa shape index (κ2) is 7.46. The maximum Gasteiger partial charge on any atom is 0.124 e. The maximum absolute atomic E-state index is 5.97. The van der Waals surface area contributed by atoms with Gasteiger partial charge in [0.15, 0.2) is 0 Å². The lowest BCUT2D eigenvalue weighted by molar-refractivity contribution is 0.238. The lowest BCUT2D eigenvalue weighted by Crippen LogP contribution is -2.23. The highest BCUT2D eigenvalue weighted by atomic mass is 32.1. The molecule has 1 aromatic carbocycles. The van der Waals surface area contributed by atoms with Crippen LogP contribution in [0, 0.1) is 0 Å². The van der Waals surface area contributed by atoms with Crippen LogP contribution in [0.5, 0.6) is 5.75 Å². The number of benzene rings is 1. The smallest absolute Gasteiger partial charge is 0.124 e. The van der Waals surface area contributed by atoms with E-state index in [1.54, 1.807) is 11.3 Å². The lowest BCUT2D eigenvalue weighted by atomic mass is 10.00. The fourth-order valence-corrected chi connectivity index (χ4v) is 2.90. The first-order valence-electron chi connectivity index (χ1n) is 7.23. The Bertz CT molecular complexity index is 507. The van der Waals surface area contributed by atoms with Gasteiger partial charge in [-0.1, -0.05) is 25.1 Å². The van der Waals surface area contributed by atoms with E-state index in [4.69, 9.17) is 4.74 Å². The Kier molecular flexibility index (Phi) is 5.62. The zero-order chi connectivity index (χ0) is 14.4. The summed E-state index contributed by atoms with van der Waals surface area (Å²) < 4.78 is 5.97. The molecule has 0 saturated carbocycles. The number of nitrogens with one attached hydrogen (secondary N) is 1. The van der Waals surface area contributed by atoms with Crippen LogP contribution < -0.4 is 10.1 Å². The Morgan fingerprint density at radius 1 is 1.20 bits per heavy atom. The molecule has 0 bridgehead atoms. The third kappa shape index (κ3) is 3.84. The van der Waals surface area contributed by atoms with Gasteiger partial charge >= 0.3 is 0 Å². The predicted molar refractivity (Wildman–Crippen MR) is 86.7 cm³/mol. The Balaban J connectivity index is 2.33. The molecule has 3 heteroatoms. The molecule has 1 atom stereocenters. The van der Waals surface area contributed by atoms with Crippen LogP contribution in [0.4, 0.5) is 0 Å². The summed E-state index contributed by atoms with van der Waals surface area (Å²) in [5, 5.41) is 7.96. The van der Waals surface area contributed by atoms with Gasteiger partial charge in [-0.25, -0.2) is 0 Å². The first kappa shape index (κ1) is 15.1. The molecule has 0 fully saturated rings. The van der Waals surface area contributed by atoms with Crippen LogP contribution in [-0.2, 0) is 0 Å². The minimum absolute atomic E-state index is 0.186. The van der Waals surface area contributed by atoms with E-state index in [-0.39, 0.29) is 12.1 Å². The molecule has 1 heterocycles. The number of hydrogen-bond acceptors (Lipinski definition) is 3. The largest absolute Gasteiger partial charge is 0.491 e. The van der Waals surface area contributed by atoms with E-state index >= 15 is 0 Å². The maximum atomic E-state index is 5.97. The molecule has 0 saturated heterocycles. The summed E-state index contributed by atoms with van der Waals surface area (Å²) in [7, 11) is 0. The predicted octanol–water partition coefficient (Wildman–Crippen LogP) is 4.62. The quantitative estimate of drug-likeness (QED) is 0.802. The average molecular weight is 289 g/mol. The van der Waals surface area contributed by atoms with Gasteiger partial charge in [0.2, 0.25) is 0 Å². The molecule has 108 valence electrons. The number of hydrogen-bond donors (Lipinski definition) is 1. The van der Waals surface area contributed by atoms with Crippen LogP contribution >= 0.6 is 11.3 Å². The second-order valence-corrected chi connectivity index (χ2v) is 5.93. The summed E-state index contributed by atoms with van der Waals surface area (Å²) >= 11 is 1.73. The minimum atomic E-state index is 0.186. The van der Waals surface area contributed by atoms with Gasteiger partial charge in [0, 0.05) is 5.56 Å². The van der Waals surface area contributed by atoms with Crippen molar-refractivity contribution in [2.45, 2.75) is 39.3 Å². The Hall–Kier alpha value is -1.32. The molecule has 2 rings (SSSR count). The Labute approximate surface area is 125 Å². The van der Waals surface area contributed by atoms with E-state index in [1.165, 1.54) is 11.1 Å². The first-order chi connectivity index (χ1) is 9.72. The van der Waals surface area contributed by atoms with Gasteiger partial charge in [0.05, 0.1) is 12.1 Å². The van der Waals surface area contributed by atoms with E-state index in [2.05, 4.69) is 61.1 Å². The van der Waals surface area contributed by atoms with Gasteiger partial charge in [0.1, 0.15) is 5.75 Å². The average Bonchev–Trinajstić information content (AvgIpc) is 2.94. The molecule has 1 unspecified atom stereocenters. The van der Waals surface area contributed by atoms with Crippen LogP contribution in [-0.4, -0.2) is 12.6 Å². The van der Waals surface area contributed by atoms with E-state index in [0.717, 1.165) is 18.7 Å². The highest BCUT2D eigenvalue weighted by Gasteiger charge is 2.18.